The topological polar surface area (TPSA) is 52.4 Å². The Labute approximate surface area is 123 Å². The van der Waals surface area contributed by atoms with Crippen molar-refractivity contribution in [1.29, 1.82) is 0 Å². The fraction of sp³-hybridized carbons (Fsp3) is 0.625. The molecule has 1 aromatic carbocycles. The molecule has 0 spiro atoms. The fourth-order valence-corrected chi connectivity index (χ4v) is 4.16. The molecule has 3 rings (SSSR count). The molecular weight excluding hydrogens is 273 g/mol. The number of benzene rings is 1. The summed E-state index contributed by atoms with van der Waals surface area (Å²) in [7, 11) is 0. The van der Waals surface area contributed by atoms with Gasteiger partial charge >= 0.3 is 0 Å². The maximum absolute atomic E-state index is 14.0. The Kier molecular flexibility index (Phi) is 3.01. The molecule has 0 N–H and O–H groups in total. The van der Waals surface area contributed by atoms with Crippen molar-refractivity contribution in [3.63, 3.8) is 0 Å². The van der Waals surface area contributed by atoms with Crippen LogP contribution in [0.4, 0.5) is 10.1 Å². The molecule has 4 nitrogen and oxygen atoms in total. The van der Waals surface area contributed by atoms with Gasteiger partial charge in [0, 0.05) is 11.5 Å². The van der Waals surface area contributed by atoms with E-state index in [9.17, 15) is 14.5 Å². The van der Waals surface area contributed by atoms with Crippen LogP contribution in [0.15, 0.2) is 18.2 Å². The molecule has 0 unspecified atom stereocenters. The highest BCUT2D eigenvalue weighted by Crippen LogP contribution is 2.66. The zero-order chi connectivity index (χ0) is 15.4. The maximum Gasteiger partial charge on any atom is 0.272 e. The van der Waals surface area contributed by atoms with Crippen LogP contribution in [0, 0.1) is 32.7 Å². The second-order valence-electron chi connectivity index (χ2n) is 7.09. The van der Waals surface area contributed by atoms with Crippen molar-refractivity contribution in [3.05, 3.63) is 34.1 Å². The molecule has 0 aliphatic heterocycles. The molecule has 0 saturated heterocycles. The van der Waals surface area contributed by atoms with Crippen LogP contribution >= 0.6 is 0 Å². The molecule has 114 valence electrons. The lowest BCUT2D eigenvalue weighted by Gasteiger charge is -2.38. The number of hydrogen-bond donors (Lipinski definition) is 0. The summed E-state index contributed by atoms with van der Waals surface area (Å²) in [6, 6.07) is 3.59. The molecule has 0 radical (unpaired) electrons. The Bertz CT molecular complexity index is 601. The molecule has 0 aromatic heterocycles. The third-order valence-corrected chi connectivity index (χ3v) is 6.11. The Morgan fingerprint density at radius 3 is 2.57 bits per heavy atom. The number of fused-ring (bicyclic) bond motifs is 2. The van der Waals surface area contributed by atoms with Gasteiger partial charge in [-0.15, -0.1) is 0 Å². The van der Waals surface area contributed by atoms with E-state index in [-0.39, 0.29) is 28.4 Å². The molecule has 3 atom stereocenters. The fourth-order valence-electron chi connectivity index (χ4n) is 4.16. The van der Waals surface area contributed by atoms with E-state index in [0.717, 1.165) is 18.9 Å². The predicted octanol–water partition coefficient (Wildman–Crippen LogP) is 4.33. The van der Waals surface area contributed by atoms with Gasteiger partial charge in [0.25, 0.3) is 5.69 Å². The van der Waals surface area contributed by atoms with Crippen molar-refractivity contribution >= 4 is 5.69 Å². The summed E-state index contributed by atoms with van der Waals surface area (Å²) in [6.45, 7) is 6.74. The summed E-state index contributed by atoms with van der Waals surface area (Å²) in [5, 5.41) is 10.6. The maximum atomic E-state index is 14.0. The van der Waals surface area contributed by atoms with E-state index in [1.54, 1.807) is 0 Å². The molecule has 2 aliphatic rings. The first-order valence-electron chi connectivity index (χ1n) is 7.36. The van der Waals surface area contributed by atoms with Gasteiger partial charge < -0.3 is 4.74 Å². The average molecular weight is 293 g/mol. The average Bonchev–Trinajstić information content (AvgIpc) is 2.74. The Morgan fingerprint density at radius 1 is 1.38 bits per heavy atom. The van der Waals surface area contributed by atoms with E-state index in [2.05, 4.69) is 20.8 Å². The van der Waals surface area contributed by atoms with Gasteiger partial charge in [-0.25, -0.2) is 4.39 Å². The SMILES string of the molecule is CC1(C)[C@H]2CC[C@@]1(C)[C@@H](Oc1ccc([N+](=O)[O-])cc1F)C2. The molecule has 0 heterocycles. The van der Waals surface area contributed by atoms with Crippen molar-refractivity contribution in [2.45, 2.75) is 46.1 Å². The van der Waals surface area contributed by atoms with Crippen LogP contribution in [0.2, 0.25) is 0 Å². The normalized spacial score (nSPS) is 33.1. The van der Waals surface area contributed by atoms with Gasteiger partial charge in [-0.3, -0.25) is 10.1 Å². The van der Waals surface area contributed by atoms with Gasteiger partial charge in [-0.2, -0.15) is 0 Å². The molecule has 1 aromatic rings. The monoisotopic (exact) mass is 293 g/mol. The largest absolute Gasteiger partial charge is 0.487 e. The smallest absolute Gasteiger partial charge is 0.272 e. The first-order chi connectivity index (χ1) is 9.75. The first-order valence-corrected chi connectivity index (χ1v) is 7.36. The van der Waals surface area contributed by atoms with E-state index >= 15 is 0 Å². The molecule has 2 fully saturated rings. The third-order valence-electron chi connectivity index (χ3n) is 6.11. The zero-order valence-electron chi connectivity index (χ0n) is 12.6. The number of non-ortho nitro benzene ring substituents is 1. The number of nitro groups is 1. The second-order valence-corrected chi connectivity index (χ2v) is 7.09. The molecule has 5 heteroatoms. The third kappa shape index (κ3) is 1.93. The van der Waals surface area contributed by atoms with E-state index < -0.39 is 10.7 Å². The van der Waals surface area contributed by atoms with Crippen molar-refractivity contribution in [2.75, 3.05) is 0 Å². The van der Waals surface area contributed by atoms with E-state index in [1.165, 1.54) is 18.6 Å². The lowest BCUT2D eigenvalue weighted by Crippen LogP contribution is -2.39. The highest BCUT2D eigenvalue weighted by Gasteiger charge is 2.62. The van der Waals surface area contributed by atoms with Gasteiger partial charge in [0.15, 0.2) is 11.6 Å². The summed E-state index contributed by atoms with van der Waals surface area (Å²) in [4.78, 5) is 10.0. The molecule has 2 saturated carbocycles. The minimum absolute atomic E-state index is 0.0257. The van der Waals surface area contributed by atoms with E-state index in [4.69, 9.17) is 4.74 Å². The van der Waals surface area contributed by atoms with Crippen molar-refractivity contribution in [2.24, 2.45) is 16.7 Å². The highest BCUT2D eigenvalue weighted by atomic mass is 19.1. The van der Waals surface area contributed by atoms with Crippen LogP contribution in [0.1, 0.15) is 40.0 Å². The molecule has 2 aliphatic carbocycles. The lowest BCUT2D eigenvalue weighted by molar-refractivity contribution is -0.385. The van der Waals surface area contributed by atoms with Crippen LogP contribution < -0.4 is 4.74 Å². The van der Waals surface area contributed by atoms with Gasteiger partial charge in [-0.1, -0.05) is 20.8 Å². The standard InChI is InChI=1S/C16H20FNO3/c1-15(2)10-6-7-16(15,3)14(8-10)21-13-5-4-11(18(19)20)9-12(13)17/h4-5,9-10,14H,6-8H2,1-3H3/t10-,14-,16-/m0/s1. The van der Waals surface area contributed by atoms with Gasteiger partial charge in [0.05, 0.1) is 11.0 Å². The minimum atomic E-state index is -0.659. The van der Waals surface area contributed by atoms with E-state index in [0.29, 0.717) is 5.92 Å². The quantitative estimate of drug-likeness (QED) is 0.615. The Hall–Kier alpha value is -1.65. The molecular formula is C16H20FNO3. The number of halogens is 1. The van der Waals surface area contributed by atoms with Crippen molar-refractivity contribution in [1.82, 2.24) is 0 Å². The summed E-state index contributed by atoms with van der Waals surface area (Å²) in [5.74, 6) is 0.0668. The summed E-state index contributed by atoms with van der Waals surface area (Å²) >= 11 is 0. The van der Waals surface area contributed by atoms with Gasteiger partial charge in [0.2, 0.25) is 0 Å². The van der Waals surface area contributed by atoms with Gasteiger partial charge in [0.1, 0.15) is 6.10 Å². The lowest BCUT2D eigenvalue weighted by atomic mass is 9.70. The predicted molar refractivity (Wildman–Crippen MR) is 76.7 cm³/mol. The van der Waals surface area contributed by atoms with E-state index in [1.807, 2.05) is 0 Å². The summed E-state index contributed by atoms with van der Waals surface area (Å²) in [6.07, 6.45) is 3.19. The highest BCUT2D eigenvalue weighted by molar-refractivity contribution is 5.38. The van der Waals surface area contributed by atoms with Crippen LogP contribution in [0.5, 0.6) is 5.75 Å². The number of nitrogens with zero attached hydrogens (tertiary/aromatic N) is 1. The van der Waals surface area contributed by atoms with Crippen LogP contribution in [0.25, 0.3) is 0 Å². The van der Waals surface area contributed by atoms with Crippen LogP contribution in [-0.2, 0) is 0 Å². The number of nitro benzene ring substituents is 1. The summed E-state index contributed by atoms with van der Waals surface area (Å²) < 4.78 is 19.9. The molecule has 21 heavy (non-hydrogen) atoms. The minimum Gasteiger partial charge on any atom is -0.487 e. The molecule has 2 bridgehead atoms. The Balaban J connectivity index is 1.84. The first kappa shape index (κ1) is 14.3. The number of ether oxygens (including phenoxy) is 1. The Morgan fingerprint density at radius 2 is 2.10 bits per heavy atom. The molecule has 0 amide bonds. The second kappa shape index (κ2) is 4.42. The van der Waals surface area contributed by atoms with Crippen molar-refractivity contribution in [3.8, 4) is 5.75 Å². The number of hydrogen-bond acceptors (Lipinski definition) is 3. The van der Waals surface area contributed by atoms with Crippen molar-refractivity contribution < 1.29 is 14.1 Å². The van der Waals surface area contributed by atoms with Crippen LogP contribution in [-0.4, -0.2) is 11.0 Å². The van der Waals surface area contributed by atoms with Gasteiger partial charge in [-0.05, 0) is 36.7 Å². The zero-order valence-corrected chi connectivity index (χ0v) is 12.6. The van der Waals surface area contributed by atoms with Crippen LogP contribution in [0.3, 0.4) is 0 Å². The number of rotatable bonds is 3. The summed E-state index contributed by atoms with van der Waals surface area (Å²) in [5.41, 5.74) is -0.0276.